The van der Waals surface area contributed by atoms with Crippen LogP contribution in [-0.2, 0) is 0 Å². The molecule has 0 aliphatic heterocycles. The van der Waals surface area contributed by atoms with Gasteiger partial charge in [-0.3, -0.25) is 0 Å². The predicted octanol–water partition coefficient (Wildman–Crippen LogP) is 14.9. The van der Waals surface area contributed by atoms with Gasteiger partial charge in [0.05, 0.1) is 11.4 Å². The van der Waals surface area contributed by atoms with Crippen LogP contribution in [0.5, 0.6) is 0 Å². The van der Waals surface area contributed by atoms with E-state index in [0.29, 0.717) is 0 Å². The van der Waals surface area contributed by atoms with Crippen LogP contribution in [0.1, 0.15) is 0 Å². The van der Waals surface area contributed by atoms with Crippen molar-refractivity contribution in [1.82, 2.24) is 0 Å². The molecule has 0 saturated carbocycles. The first-order valence-electron chi connectivity index (χ1n) is 18.4. The number of fused-ring (bicyclic) bond motifs is 5. The lowest BCUT2D eigenvalue weighted by Gasteiger charge is -2.29. The van der Waals surface area contributed by atoms with Crippen molar-refractivity contribution in [3.05, 3.63) is 212 Å². The van der Waals surface area contributed by atoms with Gasteiger partial charge in [-0.2, -0.15) is 0 Å². The maximum atomic E-state index is 6.81. The second kappa shape index (κ2) is 13.4. The monoisotopic (exact) mass is 689 g/mol. The number of rotatable bonds is 7. The lowest BCUT2D eigenvalue weighted by atomic mass is 9.95. The third kappa shape index (κ3) is 5.53. The van der Waals surface area contributed by atoms with Gasteiger partial charge in [-0.05, 0) is 69.3 Å². The summed E-state index contributed by atoms with van der Waals surface area (Å²) in [6.07, 6.45) is 0. The van der Waals surface area contributed by atoms with E-state index in [4.69, 9.17) is 4.42 Å². The van der Waals surface area contributed by atoms with Gasteiger partial charge < -0.3 is 9.32 Å². The molecule has 1 aromatic heterocycles. The Kier molecular flexibility index (Phi) is 7.85. The van der Waals surface area contributed by atoms with E-state index in [1.165, 1.54) is 27.8 Å². The SMILES string of the molecule is c1ccc(-c2ccc(-c3cccc4oc5c6ccccc6c(N(c6ccc(-c7ccccc7)cc6)c6ccccc6-c6ccccc6)cc5c34)cc2)cc1. The molecule has 0 N–H and O–H groups in total. The zero-order chi connectivity index (χ0) is 35.8. The Balaban J connectivity index is 1.22. The van der Waals surface area contributed by atoms with E-state index in [-0.39, 0.29) is 0 Å². The van der Waals surface area contributed by atoms with Crippen LogP contribution in [-0.4, -0.2) is 0 Å². The average Bonchev–Trinajstić information content (AvgIpc) is 3.64. The van der Waals surface area contributed by atoms with Gasteiger partial charge in [0.25, 0.3) is 0 Å². The normalized spacial score (nSPS) is 11.3. The van der Waals surface area contributed by atoms with Crippen LogP contribution in [0.15, 0.2) is 217 Å². The van der Waals surface area contributed by atoms with Crippen molar-refractivity contribution in [2.45, 2.75) is 0 Å². The van der Waals surface area contributed by atoms with E-state index < -0.39 is 0 Å². The molecule has 10 rings (SSSR count). The highest BCUT2D eigenvalue weighted by Gasteiger charge is 2.23. The van der Waals surface area contributed by atoms with E-state index in [2.05, 4.69) is 217 Å². The van der Waals surface area contributed by atoms with Crippen molar-refractivity contribution in [3.63, 3.8) is 0 Å². The van der Waals surface area contributed by atoms with Gasteiger partial charge >= 0.3 is 0 Å². The minimum absolute atomic E-state index is 0.875. The lowest BCUT2D eigenvalue weighted by Crippen LogP contribution is -2.12. The Bertz CT molecular complexity index is 2890. The first kappa shape index (κ1) is 31.6. The van der Waals surface area contributed by atoms with Crippen molar-refractivity contribution in [1.29, 1.82) is 0 Å². The highest BCUT2D eigenvalue weighted by atomic mass is 16.3. The summed E-state index contributed by atoms with van der Waals surface area (Å²) in [5.41, 5.74) is 14.4. The summed E-state index contributed by atoms with van der Waals surface area (Å²) in [7, 11) is 0. The third-order valence-electron chi connectivity index (χ3n) is 10.5. The molecule has 0 saturated heterocycles. The topological polar surface area (TPSA) is 16.4 Å². The van der Waals surface area contributed by atoms with Gasteiger partial charge in [-0.25, -0.2) is 0 Å². The molecule has 0 atom stereocenters. The molecular formula is C52H35NO. The van der Waals surface area contributed by atoms with Crippen LogP contribution < -0.4 is 4.90 Å². The van der Waals surface area contributed by atoms with Crippen molar-refractivity contribution < 1.29 is 4.42 Å². The Hall–Kier alpha value is -7.16. The molecule has 0 radical (unpaired) electrons. The quantitative estimate of drug-likeness (QED) is 0.166. The molecule has 9 aromatic carbocycles. The molecule has 0 unspecified atom stereocenters. The standard InChI is InChI=1S/C52H35NO/c1-4-15-36(16-5-1)38-27-29-41(30-28-38)44-24-14-26-50-51(44)47-35-49(45-22-10-11-23-46(45)52(47)54-50)53(42-33-31-39(32-34-42)37-17-6-2-7-18-37)48-25-13-12-21-43(48)40-19-8-3-9-20-40/h1-35H. The van der Waals surface area contributed by atoms with Crippen LogP contribution >= 0.6 is 0 Å². The highest BCUT2D eigenvalue weighted by Crippen LogP contribution is 2.48. The molecule has 0 aliphatic rings. The molecule has 1 heterocycles. The van der Waals surface area contributed by atoms with Crippen LogP contribution in [0.25, 0.3) is 77.2 Å². The van der Waals surface area contributed by atoms with E-state index >= 15 is 0 Å². The van der Waals surface area contributed by atoms with Gasteiger partial charge in [-0.15, -0.1) is 0 Å². The molecule has 10 aromatic rings. The summed E-state index contributed by atoms with van der Waals surface area (Å²) in [5.74, 6) is 0. The molecular weight excluding hydrogens is 655 g/mol. The second-order valence-electron chi connectivity index (χ2n) is 13.7. The van der Waals surface area contributed by atoms with Crippen molar-refractivity contribution in [3.8, 4) is 44.5 Å². The van der Waals surface area contributed by atoms with E-state index in [9.17, 15) is 0 Å². The number of benzene rings is 9. The summed E-state index contributed by atoms with van der Waals surface area (Å²) >= 11 is 0. The highest BCUT2D eigenvalue weighted by molar-refractivity contribution is 6.22. The first-order chi connectivity index (χ1) is 26.8. The first-order valence-corrected chi connectivity index (χ1v) is 18.4. The van der Waals surface area contributed by atoms with E-state index in [1.54, 1.807) is 0 Å². The zero-order valence-corrected chi connectivity index (χ0v) is 29.6. The maximum absolute atomic E-state index is 6.81. The minimum Gasteiger partial charge on any atom is -0.455 e. The molecule has 54 heavy (non-hydrogen) atoms. The van der Waals surface area contributed by atoms with Crippen molar-refractivity contribution in [2.75, 3.05) is 4.90 Å². The summed E-state index contributed by atoms with van der Waals surface area (Å²) in [5, 5.41) is 4.40. The Morgan fingerprint density at radius 2 is 0.796 bits per heavy atom. The largest absolute Gasteiger partial charge is 0.455 e. The van der Waals surface area contributed by atoms with Crippen molar-refractivity contribution >= 4 is 49.8 Å². The molecule has 0 bridgehead atoms. The predicted molar refractivity (Wildman–Crippen MR) is 228 cm³/mol. The summed E-state index contributed by atoms with van der Waals surface area (Å²) in [4.78, 5) is 2.43. The number of para-hydroxylation sites is 1. The molecule has 0 amide bonds. The summed E-state index contributed by atoms with van der Waals surface area (Å²) in [6.45, 7) is 0. The van der Waals surface area contributed by atoms with E-state index in [0.717, 1.165) is 66.5 Å². The van der Waals surface area contributed by atoms with Crippen LogP contribution in [0.4, 0.5) is 17.1 Å². The number of nitrogens with zero attached hydrogens (tertiary/aromatic N) is 1. The zero-order valence-electron chi connectivity index (χ0n) is 29.6. The fraction of sp³-hybridized carbons (Fsp3) is 0. The van der Waals surface area contributed by atoms with Gasteiger partial charge in [0.2, 0.25) is 0 Å². The van der Waals surface area contributed by atoms with Crippen LogP contribution in [0.2, 0.25) is 0 Å². The Labute approximate surface area is 314 Å². The summed E-state index contributed by atoms with van der Waals surface area (Å²) in [6, 6.07) is 75.8. The van der Waals surface area contributed by atoms with Gasteiger partial charge in [-0.1, -0.05) is 182 Å². The van der Waals surface area contributed by atoms with Gasteiger partial charge in [0.15, 0.2) is 0 Å². The number of hydrogen-bond donors (Lipinski definition) is 0. The summed E-state index contributed by atoms with van der Waals surface area (Å²) < 4.78 is 6.81. The van der Waals surface area contributed by atoms with Crippen molar-refractivity contribution in [2.24, 2.45) is 0 Å². The molecule has 0 aliphatic carbocycles. The fourth-order valence-electron chi connectivity index (χ4n) is 7.90. The fourth-order valence-corrected chi connectivity index (χ4v) is 7.90. The smallest absolute Gasteiger partial charge is 0.143 e. The molecule has 2 heteroatoms. The number of anilines is 3. The van der Waals surface area contributed by atoms with Gasteiger partial charge in [0.1, 0.15) is 11.2 Å². The van der Waals surface area contributed by atoms with E-state index in [1.807, 2.05) is 0 Å². The number of hydrogen-bond acceptors (Lipinski definition) is 2. The average molecular weight is 690 g/mol. The Morgan fingerprint density at radius 1 is 0.315 bits per heavy atom. The number of furan rings is 1. The molecule has 254 valence electrons. The Morgan fingerprint density at radius 3 is 1.46 bits per heavy atom. The molecule has 2 nitrogen and oxygen atoms in total. The third-order valence-corrected chi connectivity index (χ3v) is 10.5. The maximum Gasteiger partial charge on any atom is 0.143 e. The molecule has 0 fully saturated rings. The minimum atomic E-state index is 0.875. The second-order valence-corrected chi connectivity index (χ2v) is 13.7. The molecule has 0 spiro atoms. The van der Waals surface area contributed by atoms with Crippen LogP contribution in [0, 0.1) is 0 Å². The van der Waals surface area contributed by atoms with Crippen LogP contribution in [0.3, 0.4) is 0 Å². The lowest BCUT2D eigenvalue weighted by molar-refractivity contribution is 0.673. The van der Waals surface area contributed by atoms with Gasteiger partial charge in [0, 0.05) is 32.8 Å².